The van der Waals surface area contributed by atoms with Gasteiger partial charge in [-0.05, 0) is 58.7 Å². The Morgan fingerprint density at radius 2 is 1.84 bits per heavy atom. The molecule has 0 atom stereocenters. The summed E-state index contributed by atoms with van der Waals surface area (Å²) in [6.07, 6.45) is 9.09. The second kappa shape index (κ2) is 10.4. The smallest absolute Gasteiger partial charge is 0.335 e. The van der Waals surface area contributed by atoms with Gasteiger partial charge in [0.2, 0.25) is 0 Å². The molecule has 0 spiro atoms. The second-order valence-electron chi connectivity index (χ2n) is 7.17. The first kappa shape index (κ1) is 22.8. The number of nitrogens with zero attached hydrogens (tertiary/aromatic N) is 2. The molecule has 1 aliphatic heterocycles. The predicted octanol–water partition coefficient (Wildman–Crippen LogP) is 6.07. The van der Waals surface area contributed by atoms with Crippen molar-refractivity contribution in [2.45, 2.75) is 6.54 Å². The van der Waals surface area contributed by atoms with Crippen LogP contribution in [-0.4, -0.2) is 22.5 Å². The number of rotatable bonds is 7. The fraction of sp³-hybridized carbons (Fsp3) is 0.0769. The number of carbonyl (C=O) groups is 1. The lowest BCUT2D eigenvalue weighted by Gasteiger charge is -2.15. The van der Waals surface area contributed by atoms with Crippen LogP contribution in [0.1, 0.15) is 21.5 Å². The van der Waals surface area contributed by atoms with Crippen LogP contribution >= 0.6 is 11.6 Å². The van der Waals surface area contributed by atoms with Gasteiger partial charge in [0, 0.05) is 24.3 Å². The lowest BCUT2D eigenvalue weighted by molar-refractivity contribution is 0.0697. The van der Waals surface area contributed by atoms with Gasteiger partial charge in [0.05, 0.1) is 17.2 Å². The summed E-state index contributed by atoms with van der Waals surface area (Å²) < 4.78 is 13.2. The molecule has 3 rings (SSSR count). The number of aromatic carboxylic acids is 1. The van der Waals surface area contributed by atoms with E-state index in [1.807, 2.05) is 12.3 Å². The molecule has 0 aromatic heterocycles. The highest BCUT2D eigenvalue weighted by Gasteiger charge is 2.18. The molecule has 0 unspecified atom stereocenters. The Labute approximate surface area is 191 Å². The number of carboxylic acid groups (broad SMARTS) is 1. The molecule has 4 nitrogen and oxygen atoms in total. The number of halogens is 2. The maximum Gasteiger partial charge on any atom is 0.335 e. The van der Waals surface area contributed by atoms with Gasteiger partial charge in [0.15, 0.2) is 0 Å². The molecular weight excluding hydrogens is 427 g/mol. The maximum atomic E-state index is 13.2. The maximum absolute atomic E-state index is 13.2. The van der Waals surface area contributed by atoms with Gasteiger partial charge in [-0.2, -0.15) is 5.26 Å². The summed E-state index contributed by atoms with van der Waals surface area (Å²) >= 11 is 5.81. The van der Waals surface area contributed by atoms with Crippen molar-refractivity contribution >= 4 is 23.1 Å². The quantitative estimate of drug-likeness (QED) is 0.414. The minimum atomic E-state index is -1.02. The molecular formula is C26H20ClFN2O2. The van der Waals surface area contributed by atoms with E-state index in [9.17, 15) is 14.4 Å². The molecule has 0 aliphatic carbocycles. The minimum absolute atomic E-state index is 0.156. The van der Waals surface area contributed by atoms with E-state index < -0.39 is 5.97 Å². The predicted molar refractivity (Wildman–Crippen MR) is 124 cm³/mol. The molecule has 0 amide bonds. The Hall–Kier alpha value is -3.88. The number of benzene rings is 2. The number of nitriles is 1. The Kier molecular flexibility index (Phi) is 7.43. The van der Waals surface area contributed by atoms with Gasteiger partial charge in [-0.15, -0.1) is 0 Å². The summed E-state index contributed by atoms with van der Waals surface area (Å²) in [4.78, 5) is 13.1. The molecule has 1 N–H and O–H groups in total. The first-order valence-corrected chi connectivity index (χ1v) is 10.1. The van der Waals surface area contributed by atoms with E-state index in [1.165, 1.54) is 24.3 Å². The molecule has 2 aromatic carbocycles. The van der Waals surface area contributed by atoms with Crippen LogP contribution < -0.4 is 0 Å². The van der Waals surface area contributed by atoms with E-state index in [4.69, 9.17) is 16.7 Å². The molecule has 1 heterocycles. The fourth-order valence-corrected chi connectivity index (χ4v) is 3.31. The molecule has 6 heteroatoms. The lowest BCUT2D eigenvalue weighted by Crippen LogP contribution is -2.14. The molecule has 0 saturated heterocycles. The molecule has 0 bridgehead atoms. The Balaban J connectivity index is 1.92. The zero-order valence-corrected chi connectivity index (χ0v) is 17.9. The Bertz CT molecular complexity index is 1180. The van der Waals surface area contributed by atoms with E-state index in [2.05, 4.69) is 17.5 Å². The number of hydrogen-bond donors (Lipinski definition) is 1. The molecule has 0 radical (unpaired) electrons. The van der Waals surface area contributed by atoms with Crippen LogP contribution in [0.25, 0.3) is 5.57 Å². The molecule has 32 heavy (non-hydrogen) atoms. The molecule has 160 valence electrons. The van der Waals surface area contributed by atoms with Gasteiger partial charge in [0.25, 0.3) is 0 Å². The second-order valence-corrected chi connectivity index (χ2v) is 7.65. The van der Waals surface area contributed by atoms with Crippen molar-refractivity contribution in [3.05, 3.63) is 124 Å². The summed E-state index contributed by atoms with van der Waals surface area (Å²) in [5.41, 5.74) is 3.96. The van der Waals surface area contributed by atoms with Crippen LogP contribution in [0.15, 0.2) is 102 Å². The molecule has 0 saturated carbocycles. The van der Waals surface area contributed by atoms with Gasteiger partial charge in [-0.25, -0.2) is 9.18 Å². The SMILES string of the molecule is C=C(Cl)/C=C\C=C1/CN(Cc2ccc(F)cc2)C=C1/C=C(\C#N)c1ccc(C(=O)O)cc1. The highest BCUT2D eigenvalue weighted by atomic mass is 35.5. The van der Waals surface area contributed by atoms with Crippen molar-refractivity contribution in [1.82, 2.24) is 4.90 Å². The third-order valence-electron chi connectivity index (χ3n) is 4.80. The number of hydrogen-bond acceptors (Lipinski definition) is 3. The highest BCUT2D eigenvalue weighted by molar-refractivity contribution is 6.30. The number of allylic oxidation sites excluding steroid dienone is 6. The van der Waals surface area contributed by atoms with Crippen molar-refractivity contribution in [2.24, 2.45) is 0 Å². The van der Waals surface area contributed by atoms with Crippen LogP contribution in [0, 0.1) is 17.1 Å². The fourth-order valence-electron chi connectivity index (χ4n) is 3.24. The minimum Gasteiger partial charge on any atom is -0.478 e. The molecule has 2 aromatic rings. The van der Waals surface area contributed by atoms with Crippen molar-refractivity contribution < 1.29 is 14.3 Å². The van der Waals surface area contributed by atoms with Crippen LogP contribution in [0.5, 0.6) is 0 Å². The topological polar surface area (TPSA) is 64.3 Å². The largest absolute Gasteiger partial charge is 0.478 e. The van der Waals surface area contributed by atoms with Crippen LogP contribution in [0.3, 0.4) is 0 Å². The van der Waals surface area contributed by atoms with E-state index in [0.717, 1.165) is 16.7 Å². The Morgan fingerprint density at radius 3 is 2.44 bits per heavy atom. The zero-order valence-electron chi connectivity index (χ0n) is 17.1. The standard InChI is InChI=1S/C26H20ClFN2O2/c1-18(27)3-2-4-22-16-30(15-19-5-11-25(28)12-6-19)17-24(22)13-23(14-29)20-7-9-21(10-8-20)26(31)32/h2-13,17H,1,15-16H2,(H,31,32)/b3-2-,22-4+,23-13+. The van der Waals surface area contributed by atoms with Gasteiger partial charge >= 0.3 is 5.97 Å². The average molecular weight is 447 g/mol. The van der Waals surface area contributed by atoms with Crippen LogP contribution in [0.4, 0.5) is 4.39 Å². The third kappa shape index (κ3) is 6.07. The summed E-state index contributed by atoms with van der Waals surface area (Å²) in [6.45, 7) is 4.81. The third-order valence-corrected chi connectivity index (χ3v) is 4.93. The van der Waals surface area contributed by atoms with E-state index >= 15 is 0 Å². The molecule has 0 fully saturated rings. The number of carboxylic acids is 1. The highest BCUT2D eigenvalue weighted by Crippen LogP contribution is 2.27. The van der Waals surface area contributed by atoms with E-state index in [-0.39, 0.29) is 11.4 Å². The van der Waals surface area contributed by atoms with Crippen LogP contribution in [0.2, 0.25) is 0 Å². The van der Waals surface area contributed by atoms with E-state index in [1.54, 1.807) is 42.5 Å². The van der Waals surface area contributed by atoms with Crippen molar-refractivity contribution in [3.63, 3.8) is 0 Å². The summed E-state index contributed by atoms with van der Waals surface area (Å²) in [5.74, 6) is -1.30. The van der Waals surface area contributed by atoms with Gasteiger partial charge in [0.1, 0.15) is 5.82 Å². The lowest BCUT2D eigenvalue weighted by atomic mass is 10.00. The van der Waals surface area contributed by atoms with Crippen molar-refractivity contribution in [1.29, 1.82) is 5.26 Å². The van der Waals surface area contributed by atoms with Gasteiger partial charge in [-0.3, -0.25) is 0 Å². The first-order chi connectivity index (χ1) is 15.4. The van der Waals surface area contributed by atoms with Crippen molar-refractivity contribution in [2.75, 3.05) is 6.54 Å². The molecule has 1 aliphatic rings. The first-order valence-electron chi connectivity index (χ1n) is 9.73. The van der Waals surface area contributed by atoms with Crippen molar-refractivity contribution in [3.8, 4) is 6.07 Å². The van der Waals surface area contributed by atoms with E-state index in [0.29, 0.717) is 29.3 Å². The summed E-state index contributed by atoms with van der Waals surface area (Å²) in [6, 6.07) is 14.7. The van der Waals surface area contributed by atoms with Gasteiger partial charge in [-0.1, -0.05) is 54.6 Å². The summed E-state index contributed by atoms with van der Waals surface area (Å²) in [5, 5.41) is 19.2. The van der Waals surface area contributed by atoms with Gasteiger partial charge < -0.3 is 10.0 Å². The summed E-state index contributed by atoms with van der Waals surface area (Å²) in [7, 11) is 0. The monoisotopic (exact) mass is 446 g/mol. The zero-order chi connectivity index (χ0) is 23.1. The Morgan fingerprint density at radius 1 is 1.19 bits per heavy atom. The normalized spacial score (nSPS) is 15.2. The van der Waals surface area contributed by atoms with Crippen LogP contribution in [-0.2, 0) is 6.54 Å². The average Bonchev–Trinajstić information content (AvgIpc) is 3.14.